The van der Waals surface area contributed by atoms with Gasteiger partial charge in [-0.25, -0.2) is 0 Å². The van der Waals surface area contributed by atoms with E-state index in [-0.39, 0.29) is 6.04 Å². The molecule has 0 aliphatic heterocycles. The Morgan fingerprint density at radius 3 is 2.95 bits per heavy atom. The smallest absolute Gasteiger partial charge is 0.0823 e. The summed E-state index contributed by atoms with van der Waals surface area (Å²) in [5.41, 5.74) is 2.99. The van der Waals surface area contributed by atoms with Crippen molar-refractivity contribution in [3.8, 4) is 0 Å². The fourth-order valence-electron chi connectivity index (χ4n) is 2.03. The molecule has 0 amide bonds. The second-order valence-electron chi connectivity index (χ2n) is 4.54. The molecule has 0 saturated carbocycles. The van der Waals surface area contributed by atoms with Gasteiger partial charge in [0.25, 0.3) is 0 Å². The highest BCUT2D eigenvalue weighted by Gasteiger charge is 2.10. The standard InChI is InChI=1S/C15H12Cl2N2S/c1-9(19-13-4-2-3-11(16)15(13)17)10-7-14-12(18-8-10)5-6-20-14/h2-9,19H,1H3. The zero-order chi connectivity index (χ0) is 14.1. The molecule has 1 aromatic carbocycles. The van der Waals surface area contributed by atoms with Crippen LogP contribution >= 0.6 is 34.5 Å². The molecule has 0 radical (unpaired) electrons. The number of fused-ring (bicyclic) bond motifs is 1. The number of halogens is 2. The summed E-state index contributed by atoms with van der Waals surface area (Å²) in [4.78, 5) is 4.46. The lowest BCUT2D eigenvalue weighted by atomic mass is 10.1. The van der Waals surface area contributed by atoms with E-state index in [9.17, 15) is 0 Å². The highest BCUT2D eigenvalue weighted by molar-refractivity contribution is 7.17. The van der Waals surface area contributed by atoms with E-state index < -0.39 is 0 Å². The first-order valence-electron chi connectivity index (χ1n) is 6.19. The van der Waals surface area contributed by atoms with Crippen molar-refractivity contribution in [2.75, 3.05) is 5.32 Å². The molecule has 5 heteroatoms. The maximum atomic E-state index is 6.19. The number of pyridine rings is 1. The Balaban J connectivity index is 1.88. The molecule has 1 unspecified atom stereocenters. The lowest BCUT2D eigenvalue weighted by molar-refractivity contribution is 0.880. The molecular weight excluding hydrogens is 311 g/mol. The molecule has 1 atom stereocenters. The Labute approximate surface area is 131 Å². The minimum atomic E-state index is 0.102. The fraction of sp³-hybridized carbons (Fsp3) is 0.133. The quantitative estimate of drug-likeness (QED) is 0.661. The molecule has 3 rings (SSSR count). The molecule has 2 nitrogen and oxygen atoms in total. The zero-order valence-electron chi connectivity index (χ0n) is 10.7. The largest absolute Gasteiger partial charge is 0.377 e. The molecule has 20 heavy (non-hydrogen) atoms. The normalized spacial score (nSPS) is 12.6. The Morgan fingerprint density at radius 1 is 1.25 bits per heavy atom. The highest BCUT2D eigenvalue weighted by Crippen LogP contribution is 2.32. The van der Waals surface area contributed by atoms with Crippen molar-refractivity contribution in [3.63, 3.8) is 0 Å². The van der Waals surface area contributed by atoms with E-state index in [0.717, 1.165) is 16.8 Å². The molecule has 0 aliphatic carbocycles. The molecule has 102 valence electrons. The van der Waals surface area contributed by atoms with E-state index >= 15 is 0 Å². The molecule has 3 aromatic rings. The van der Waals surface area contributed by atoms with Gasteiger partial charge in [0.1, 0.15) is 0 Å². The van der Waals surface area contributed by atoms with Gasteiger partial charge in [-0.05, 0) is 42.1 Å². The number of nitrogens with one attached hydrogen (secondary N) is 1. The third-order valence-corrected chi connectivity index (χ3v) is 4.82. The lowest BCUT2D eigenvalue weighted by Gasteiger charge is -2.17. The van der Waals surface area contributed by atoms with Crippen LogP contribution in [0.15, 0.2) is 41.9 Å². The minimum absolute atomic E-state index is 0.102. The first-order chi connectivity index (χ1) is 9.65. The van der Waals surface area contributed by atoms with Gasteiger partial charge in [-0.15, -0.1) is 11.3 Å². The van der Waals surface area contributed by atoms with Gasteiger partial charge in [0, 0.05) is 6.20 Å². The van der Waals surface area contributed by atoms with Crippen molar-refractivity contribution in [3.05, 3.63) is 57.5 Å². The number of rotatable bonds is 3. The number of nitrogens with zero attached hydrogens (tertiary/aromatic N) is 1. The molecule has 0 bridgehead atoms. The number of aromatic nitrogens is 1. The maximum absolute atomic E-state index is 6.19. The van der Waals surface area contributed by atoms with Crippen LogP contribution in [0.5, 0.6) is 0 Å². The van der Waals surface area contributed by atoms with Crippen LogP contribution in [0.25, 0.3) is 10.2 Å². The molecule has 1 N–H and O–H groups in total. The van der Waals surface area contributed by atoms with E-state index in [1.54, 1.807) is 17.4 Å². The SMILES string of the molecule is CC(Nc1cccc(Cl)c1Cl)c1cnc2ccsc2c1. The Kier molecular flexibility index (Phi) is 3.83. The number of anilines is 1. The van der Waals surface area contributed by atoms with E-state index in [1.165, 1.54) is 4.70 Å². The van der Waals surface area contributed by atoms with Gasteiger partial charge in [-0.1, -0.05) is 29.3 Å². The second-order valence-corrected chi connectivity index (χ2v) is 6.27. The van der Waals surface area contributed by atoms with Crippen molar-refractivity contribution < 1.29 is 0 Å². The van der Waals surface area contributed by atoms with Crippen LogP contribution in [-0.2, 0) is 0 Å². The van der Waals surface area contributed by atoms with Crippen LogP contribution < -0.4 is 5.32 Å². The van der Waals surface area contributed by atoms with Crippen LogP contribution in [0, 0.1) is 0 Å². The molecule has 2 heterocycles. The minimum Gasteiger partial charge on any atom is -0.377 e. The molecule has 0 saturated heterocycles. The summed E-state index contributed by atoms with van der Waals surface area (Å²) < 4.78 is 1.19. The monoisotopic (exact) mass is 322 g/mol. The maximum Gasteiger partial charge on any atom is 0.0823 e. The number of hydrogen-bond acceptors (Lipinski definition) is 3. The van der Waals surface area contributed by atoms with Gasteiger partial charge in [-0.2, -0.15) is 0 Å². The van der Waals surface area contributed by atoms with Gasteiger partial charge in [0.15, 0.2) is 0 Å². The van der Waals surface area contributed by atoms with Crippen molar-refractivity contribution in [1.82, 2.24) is 4.98 Å². The fourth-order valence-corrected chi connectivity index (χ4v) is 3.17. The summed E-state index contributed by atoms with van der Waals surface area (Å²) >= 11 is 13.9. The number of benzene rings is 1. The van der Waals surface area contributed by atoms with Gasteiger partial charge in [-0.3, -0.25) is 4.98 Å². The first-order valence-corrected chi connectivity index (χ1v) is 7.82. The van der Waals surface area contributed by atoms with E-state index in [2.05, 4.69) is 23.3 Å². The predicted octanol–water partition coefficient (Wildman–Crippen LogP) is 5.78. The first kappa shape index (κ1) is 13.7. The van der Waals surface area contributed by atoms with Gasteiger partial charge >= 0.3 is 0 Å². The average molecular weight is 323 g/mol. The summed E-state index contributed by atoms with van der Waals surface area (Å²) in [7, 11) is 0. The third kappa shape index (κ3) is 2.62. The number of hydrogen-bond donors (Lipinski definition) is 1. The van der Waals surface area contributed by atoms with Crippen molar-refractivity contribution in [2.45, 2.75) is 13.0 Å². The molecule has 2 aromatic heterocycles. The van der Waals surface area contributed by atoms with Crippen LogP contribution in [0.3, 0.4) is 0 Å². The van der Waals surface area contributed by atoms with Crippen LogP contribution in [0.4, 0.5) is 5.69 Å². The van der Waals surface area contributed by atoms with Gasteiger partial charge in [0.05, 0.1) is 32.0 Å². The lowest BCUT2D eigenvalue weighted by Crippen LogP contribution is -2.07. The molecule has 0 aliphatic rings. The summed E-state index contributed by atoms with van der Waals surface area (Å²) in [6.45, 7) is 2.08. The topological polar surface area (TPSA) is 24.9 Å². The van der Waals surface area contributed by atoms with E-state index in [4.69, 9.17) is 23.2 Å². The summed E-state index contributed by atoms with van der Waals surface area (Å²) in [5.74, 6) is 0. The summed E-state index contributed by atoms with van der Waals surface area (Å²) in [6.07, 6.45) is 1.89. The summed E-state index contributed by atoms with van der Waals surface area (Å²) in [5, 5.41) is 6.52. The van der Waals surface area contributed by atoms with Crippen LogP contribution in [0.2, 0.25) is 10.0 Å². The van der Waals surface area contributed by atoms with E-state index in [0.29, 0.717) is 10.0 Å². The van der Waals surface area contributed by atoms with Crippen molar-refractivity contribution in [1.29, 1.82) is 0 Å². The van der Waals surface area contributed by atoms with Gasteiger partial charge in [0.2, 0.25) is 0 Å². The predicted molar refractivity (Wildman–Crippen MR) is 88.1 cm³/mol. The summed E-state index contributed by atoms with van der Waals surface area (Å²) in [6, 6.07) is 9.86. The Morgan fingerprint density at radius 2 is 2.10 bits per heavy atom. The van der Waals surface area contributed by atoms with E-state index in [1.807, 2.05) is 29.8 Å². The zero-order valence-corrected chi connectivity index (χ0v) is 13.1. The highest BCUT2D eigenvalue weighted by atomic mass is 35.5. The second kappa shape index (κ2) is 5.60. The van der Waals surface area contributed by atoms with Crippen LogP contribution in [0.1, 0.15) is 18.5 Å². The molecule has 0 spiro atoms. The third-order valence-electron chi connectivity index (χ3n) is 3.15. The average Bonchev–Trinajstić information content (AvgIpc) is 2.91. The van der Waals surface area contributed by atoms with Crippen molar-refractivity contribution in [2.24, 2.45) is 0 Å². The van der Waals surface area contributed by atoms with Crippen molar-refractivity contribution >= 4 is 50.4 Å². The molecular formula is C15H12Cl2N2S. The van der Waals surface area contributed by atoms with Crippen LogP contribution in [-0.4, -0.2) is 4.98 Å². The van der Waals surface area contributed by atoms with Gasteiger partial charge < -0.3 is 5.32 Å². The Bertz CT molecular complexity index is 754. The Hall–Kier alpha value is -1.29. The number of thiophene rings is 1. The molecule has 0 fully saturated rings.